The average Bonchev–Trinajstić information content (AvgIpc) is 3.20. The van der Waals surface area contributed by atoms with E-state index < -0.39 is 15.8 Å². The summed E-state index contributed by atoms with van der Waals surface area (Å²) in [7, 11) is -3.02. The zero-order chi connectivity index (χ0) is 20.6. The molecule has 2 aromatic heterocycles. The predicted octanol–water partition coefficient (Wildman–Crippen LogP) is 1.70. The van der Waals surface area contributed by atoms with Crippen molar-refractivity contribution in [3.8, 4) is 0 Å². The molecule has 0 aromatic carbocycles. The monoisotopic (exact) mass is 407 g/mol. The summed E-state index contributed by atoms with van der Waals surface area (Å²) >= 11 is 0. The molecule has 1 unspecified atom stereocenters. The van der Waals surface area contributed by atoms with E-state index in [-0.39, 0.29) is 36.5 Å². The summed E-state index contributed by atoms with van der Waals surface area (Å²) in [5, 5.41) is 4.20. The number of nitrogens with zero attached hydrogens (tertiary/aromatic N) is 3. The van der Waals surface area contributed by atoms with Gasteiger partial charge in [-0.25, -0.2) is 8.42 Å². The van der Waals surface area contributed by atoms with Crippen LogP contribution in [0.15, 0.2) is 12.1 Å². The lowest BCUT2D eigenvalue weighted by Gasteiger charge is -2.16. The van der Waals surface area contributed by atoms with Crippen LogP contribution in [0.2, 0.25) is 0 Å². The van der Waals surface area contributed by atoms with Crippen molar-refractivity contribution < 1.29 is 22.7 Å². The molecule has 0 amide bonds. The molecule has 1 aliphatic heterocycles. The first-order chi connectivity index (χ1) is 13.1. The van der Waals surface area contributed by atoms with Gasteiger partial charge in [0.25, 0.3) is 0 Å². The molecule has 2 aromatic rings. The van der Waals surface area contributed by atoms with Gasteiger partial charge in [0, 0.05) is 28.7 Å². The van der Waals surface area contributed by atoms with Crippen LogP contribution < -0.4 is 0 Å². The fourth-order valence-electron chi connectivity index (χ4n) is 3.83. The summed E-state index contributed by atoms with van der Waals surface area (Å²) < 4.78 is 32.2. The van der Waals surface area contributed by atoms with Gasteiger partial charge in [0.05, 0.1) is 17.2 Å². The van der Waals surface area contributed by atoms with Crippen molar-refractivity contribution in [3.05, 3.63) is 40.5 Å². The van der Waals surface area contributed by atoms with Crippen LogP contribution in [0.25, 0.3) is 0 Å². The molecule has 9 heteroatoms. The number of hydrogen-bond donors (Lipinski definition) is 0. The molecular formula is C19H25N3O5S. The lowest BCUT2D eigenvalue weighted by molar-refractivity contribution is -0.143. The largest absolute Gasteiger partial charge is 0.456 e. The third kappa shape index (κ3) is 4.19. The highest BCUT2D eigenvalue weighted by Crippen LogP contribution is 2.29. The topological polar surface area (TPSA) is 100 Å². The van der Waals surface area contributed by atoms with Gasteiger partial charge in [-0.05, 0) is 46.2 Å². The first-order valence-corrected chi connectivity index (χ1v) is 11.0. The molecule has 0 bridgehead atoms. The zero-order valence-electron chi connectivity index (χ0n) is 16.6. The third-order valence-electron chi connectivity index (χ3n) is 5.10. The molecule has 0 radical (unpaired) electrons. The van der Waals surface area contributed by atoms with Crippen molar-refractivity contribution in [2.24, 2.45) is 0 Å². The number of esters is 1. The van der Waals surface area contributed by atoms with E-state index in [4.69, 9.17) is 4.74 Å². The number of carbonyl (C=O) groups excluding carboxylic acids is 2. The maximum atomic E-state index is 12.6. The quantitative estimate of drug-likeness (QED) is 0.534. The van der Waals surface area contributed by atoms with Crippen molar-refractivity contribution in [1.29, 1.82) is 0 Å². The summed E-state index contributed by atoms with van der Waals surface area (Å²) in [5.41, 5.74) is 3.65. The van der Waals surface area contributed by atoms with E-state index in [1.807, 2.05) is 31.4 Å². The van der Waals surface area contributed by atoms with Crippen LogP contribution >= 0.6 is 0 Å². The Balaban J connectivity index is 1.65. The molecule has 0 N–H and O–H groups in total. The van der Waals surface area contributed by atoms with Crippen molar-refractivity contribution >= 4 is 21.6 Å². The van der Waals surface area contributed by atoms with Gasteiger partial charge in [-0.15, -0.1) is 0 Å². The van der Waals surface area contributed by atoms with Gasteiger partial charge in [-0.1, -0.05) is 0 Å². The Bertz CT molecular complexity index is 1030. The van der Waals surface area contributed by atoms with Gasteiger partial charge in [-0.2, -0.15) is 5.10 Å². The fraction of sp³-hybridized carbons (Fsp3) is 0.526. The van der Waals surface area contributed by atoms with E-state index in [1.54, 1.807) is 13.0 Å². The van der Waals surface area contributed by atoms with Crippen LogP contribution in [-0.4, -0.2) is 52.6 Å². The van der Waals surface area contributed by atoms with E-state index in [0.29, 0.717) is 17.7 Å². The summed E-state index contributed by atoms with van der Waals surface area (Å²) in [6.45, 7) is 6.92. The van der Waals surface area contributed by atoms with Crippen molar-refractivity contribution in [2.75, 3.05) is 18.1 Å². The second-order valence-corrected chi connectivity index (χ2v) is 9.61. The van der Waals surface area contributed by atoms with Crippen LogP contribution in [0, 0.1) is 27.7 Å². The number of ether oxygens (including phenoxy) is 1. The van der Waals surface area contributed by atoms with E-state index in [9.17, 15) is 18.0 Å². The average molecular weight is 407 g/mol. The molecule has 0 saturated carbocycles. The smallest absolute Gasteiger partial charge is 0.328 e. The highest BCUT2D eigenvalue weighted by Gasteiger charge is 2.31. The van der Waals surface area contributed by atoms with Gasteiger partial charge in [0.1, 0.15) is 6.54 Å². The molecule has 28 heavy (non-hydrogen) atoms. The number of carbonyl (C=O) groups is 2. The Hall–Kier alpha value is -2.42. The Morgan fingerprint density at radius 2 is 1.89 bits per heavy atom. The molecule has 0 aliphatic carbocycles. The van der Waals surface area contributed by atoms with E-state index in [1.165, 1.54) is 4.68 Å². The normalized spacial score (nSPS) is 18.4. The number of aromatic nitrogens is 3. The lowest BCUT2D eigenvalue weighted by atomic mass is 10.1. The summed E-state index contributed by atoms with van der Waals surface area (Å²) in [6.07, 6.45) is 0.546. The maximum Gasteiger partial charge on any atom is 0.328 e. The SMILES string of the molecule is Cc1cc(C)n(CC(=O)OCC(=O)c2cc(C)n(C3CCS(=O)(=O)C3)c2C)n1. The highest BCUT2D eigenvalue weighted by molar-refractivity contribution is 7.91. The standard InChI is InChI=1S/C19H25N3O5S/c1-12-7-13(2)21(20-12)9-19(24)27-10-18(23)17-8-14(3)22(15(17)4)16-5-6-28(25,26)11-16/h7-8,16H,5-6,9-11H2,1-4H3. The molecule has 1 aliphatic rings. The van der Waals surface area contributed by atoms with E-state index >= 15 is 0 Å². The van der Waals surface area contributed by atoms with E-state index in [2.05, 4.69) is 5.10 Å². The number of sulfone groups is 1. The van der Waals surface area contributed by atoms with Crippen LogP contribution in [0.3, 0.4) is 0 Å². The highest BCUT2D eigenvalue weighted by atomic mass is 32.2. The summed E-state index contributed by atoms with van der Waals surface area (Å²) in [6, 6.07) is 3.44. The molecule has 3 heterocycles. The first kappa shape index (κ1) is 20.3. The Kier molecular flexibility index (Phi) is 5.47. The van der Waals surface area contributed by atoms with Crippen LogP contribution in [-0.2, 0) is 25.9 Å². The predicted molar refractivity (Wildman–Crippen MR) is 103 cm³/mol. The number of aryl methyl sites for hydroxylation is 3. The van der Waals surface area contributed by atoms with Gasteiger partial charge in [0.2, 0.25) is 5.78 Å². The van der Waals surface area contributed by atoms with E-state index in [0.717, 1.165) is 17.1 Å². The molecule has 1 fully saturated rings. The van der Waals surface area contributed by atoms with Gasteiger partial charge in [-0.3, -0.25) is 14.3 Å². The molecule has 3 rings (SSSR count). The molecule has 0 spiro atoms. The lowest BCUT2D eigenvalue weighted by Crippen LogP contribution is -2.20. The van der Waals surface area contributed by atoms with Gasteiger partial charge in [0.15, 0.2) is 16.4 Å². The van der Waals surface area contributed by atoms with Gasteiger partial charge < -0.3 is 9.30 Å². The summed E-state index contributed by atoms with van der Waals surface area (Å²) in [5.74, 6) is -0.575. The molecule has 8 nitrogen and oxygen atoms in total. The maximum absolute atomic E-state index is 12.6. The zero-order valence-corrected chi connectivity index (χ0v) is 17.4. The third-order valence-corrected chi connectivity index (χ3v) is 6.86. The second kappa shape index (κ2) is 7.54. The van der Waals surface area contributed by atoms with Crippen LogP contribution in [0.1, 0.15) is 45.6 Å². The fourth-order valence-corrected chi connectivity index (χ4v) is 5.53. The minimum absolute atomic E-state index is 0.0497. The number of rotatable bonds is 6. The van der Waals surface area contributed by atoms with Crippen molar-refractivity contribution in [1.82, 2.24) is 14.3 Å². The Morgan fingerprint density at radius 3 is 2.46 bits per heavy atom. The van der Waals surface area contributed by atoms with Crippen LogP contribution in [0.5, 0.6) is 0 Å². The van der Waals surface area contributed by atoms with Crippen molar-refractivity contribution in [3.63, 3.8) is 0 Å². The van der Waals surface area contributed by atoms with Crippen LogP contribution in [0.4, 0.5) is 0 Å². The second-order valence-electron chi connectivity index (χ2n) is 7.38. The summed E-state index contributed by atoms with van der Waals surface area (Å²) in [4.78, 5) is 24.6. The molecular weight excluding hydrogens is 382 g/mol. The molecule has 152 valence electrons. The first-order valence-electron chi connectivity index (χ1n) is 9.16. The Morgan fingerprint density at radius 1 is 1.18 bits per heavy atom. The minimum Gasteiger partial charge on any atom is -0.456 e. The number of Topliss-reactive ketones (excluding diaryl/α,β-unsaturated/α-hetero) is 1. The van der Waals surface area contributed by atoms with Gasteiger partial charge >= 0.3 is 5.97 Å². The van der Waals surface area contributed by atoms with Crippen molar-refractivity contribution in [2.45, 2.75) is 46.7 Å². The molecule has 1 saturated heterocycles. The Labute approximate surface area is 164 Å². The molecule has 1 atom stereocenters. The number of ketones is 1. The minimum atomic E-state index is -3.02. The number of hydrogen-bond acceptors (Lipinski definition) is 6.